The van der Waals surface area contributed by atoms with E-state index < -0.39 is 0 Å². The lowest BCUT2D eigenvalue weighted by atomic mass is 8.95. The average molecular weight is 134 g/mol. The van der Waals surface area contributed by atoms with Gasteiger partial charge in [0.25, 0.3) is 0 Å². The zero-order chi connectivity index (χ0) is 6.46. The highest BCUT2D eigenvalue weighted by Crippen LogP contribution is 3.06. The third-order valence-electron chi connectivity index (χ3n) is 6.08. The van der Waals surface area contributed by atoms with E-state index in [-0.39, 0.29) is 5.60 Å². The highest BCUT2D eigenvalue weighted by molar-refractivity contribution is 5.55. The molecule has 0 spiro atoms. The van der Waals surface area contributed by atoms with Crippen molar-refractivity contribution in [2.45, 2.75) is 12.5 Å². The highest BCUT2D eigenvalue weighted by Gasteiger charge is 3.08. The first-order valence-corrected chi connectivity index (χ1v) is 4.46. The Morgan fingerprint density at radius 2 is 1.30 bits per heavy atom. The fourth-order valence-electron chi connectivity index (χ4n) is 6.01. The van der Waals surface area contributed by atoms with Gasteiger partial charge in [-0.05, 0) is 40.9 Å². The van der Waals surface area contributed by atoms with Gasteiger partial charge in [-0.1, -0.05) is 6.92 Å². The van der Waals surface area contributed by atoms with Gasteiger partial charge in [-0.15, -0.1) is 0 Å². The van der Waals surface area contributed by atoms with Crippen LogP contribution in [0.1, 0.15) is 6.92 Å². The van der Waals surface area contributed by atoms with E-state index in [2.05, 4.69) is 6.92 Å². The van der Waals surface area contributed by atoms with Crippen molar-refractivity contribution in [1.29, 1.82) is 0 Å². The molecule has 1 heteroatoms. The Morgan fingerprint density at radius 1 is 0.900 bits per heavy atom. The molecular weight excluding hydrogens is 124 g/mol. The molecule has 6 saturated carbocycles. The van der Waals surface area contributed by atoms with Gasteiger partial charge in [0, 0.05) is 0 Å². The maximum atomic E-state index is 9.92. The Hall–Kier alpha value is -0.0400. The minimum atomic E-state index is -0.0578. The molecule has 0 atom stereocenters. The predicted octanol–water partition coefficient (Wildman–Crippen LogP) is 0.489. The van der Waals surface area contributed by atoms with Crippen LogP contribution in [0.4, 0.5) is 0 Å². The van der Waals surface area contributed by atoms with Crippen molar-refractivity contribution in [3.63, 3.8) is 0 Å². The topological polar surface area (TPSA) is 20.2 Å². The van der Waals surface area contributed by atoms with E-state index in [9.17, 15) is 5.11 Å². The summed E-state index contributed by atoms with van der Waals surface area (Å²) in [6, 6.07) is 0. The molecule has 6 rings (SSSR count). The average Bonchev–Trinajstić information content (AvgIpc) is 1.99. The van der Waals surface area contributed by atoms with Gasteiger partial charge < -0.3 is 5.11 Å². The van der Waals surface area contributed by atoms with Gasteiger partial charge in [0.05, 0.1) is 5.60 Å². The Kier molecular flexibility index (Phi) is 0.260. The number of hydrogen-bond acceptors (Lipinski definition) is 1. The zero-order valence-corrected chi connectivity index (χ0v) is 5.91. The van der Waals surface area contributed by atoms with Crippen LogP contribution in [0.25, 0.3) is 0 Å². The molecule has 1 nitrogen and oxygen atoms in total. The van der Waals surface area contributed by atoms with Gasteiger partial charge in [0.15, 0.2) is 0 Å². The van der Waals surface area contributed by atoms with Crippen LogP contribution in [0.2, 0.25) is 0 Å². The molecule has 10 heavy (non-hydrogen) atoms. The summed E-state index contributed by atoms with van der Waals surface area (Å²) in [5, 5.41) is 9.92. The van der Waals surface area contributed by atoms with Gasteiger partial charge in [0.1, 0.15) is 0 Å². The SMILES string of the molecule is CC12C3C4C1C1C2C3C41O. The summed E-state index contributed by atoms with van der Waals surface area (Å²) in [7, 11) is 0. The second-order valence-electron chi connectivity index (χ2n) is 5.41. The quantitative estimate of drug-likeness (QED) is 0.511. The summed E-state index contributed by atoms with van der Waals surface area (Å²) in [5.74, 6) is 5.40. The van der Waals surface area contributed by atoms with Crippen LogP contribution in [-0.4, -0.2) is 10.7 Å². The molecule has 0 aromatic rings. The first-order chi connectivity index (χ1) is 4.73. The molecule has 0 bridgehead atoms. The van der Waals surface area contributed by atoms with Crippen LogP contribution >= 0.6 is 0 Å². The Labute approximate surface area is 59.4 Å². The minimum Gasteiger partial charge on any atom is -0.389 e. The number of rotatable bonds is 0. The summed E-state index contributed by atoms with van der Waals surface area (Å²) in [6.07, 6.45) is 0. The maximum absolute atomic E-state index is 9.92. The van der Waals surface area contributed by atoms with Gasteiger partial charge >= 0.3 is 0 Å². The van der Waals surface area contributed by atoms with Crippen molar-refractivity contribution < 1.29 is 5.11 Å². The van der Waals surface area contributed by atoms with Crippen LogP contribution < -0.4 is 0 Å². The molecule has 1 N–H and O–H groups in total. The molecule has 0 unspecified atom stereocenters. The minimum absolute atomic E-state index is 0.0578. The molecule has 52 valence electrons. The summed E-state index contributed by atoms with van der Waals surface area (Å²) in [4.78, 5) is 0. The van der Waals surface area contributed by atoms with E-state index in [0.29, 0.717) is 0 Å². The molecule has 6 aliphatic rings. The predicted molar refractivity (Wildman–Crippen MR) is 34.0 cm³/mol. The molecule has 6 fully saturated rings. The maximum Gasteiger partial charge on any atom is 0.0749 e. The molecule has 0 aromatic heterocycles. The first-order valence-electron chi connectivity index (χ1n) is 4.46. The van der Waals surface area contributed by atoms with E-state index in [0.717, 1.165) is 40.9 Å². The fraction of sp³-hybridized carbons (Fsp3) is 1.00. The molecule has 0 radical (unpaired) electrons. The zero-order valence-electron chi connectivity index (χ0n) is 5.91. The van der Waals surface area contributed by atoms with Crippen LogP contribution in [0.5, 0.6) is 0 Å². The van der Waals surface area contributed by atoms with E-state index in [1.807, 2.05) is 0 Å². The third-order valence-corrected chi connectivity index (χ3v) is 6.08. The lowest BCUT2D eigenvalue weighted by Gasteiger charge is -3.09. The van der Waals surface area contributed by atoms with E-state index in [1.165, 1.54) is 0 Å². The van der Waals surface area contributed by atoms with Crippen LogP contribution in [0.15, 0.2) is 0 Å². The van der Waals surface area contributed by atoms with Crippen LogP contribution in [-0.2, 0) is 0 Å². The molecule has 6 aliphatic carbocycles. The largest absolute Gasteiger partial charge is 0.389 e. The van der Waals surface area contributed by atoms with Crippen molar-refractivity contribution in [3.8, 4) is 0 Å². The fourth-order valence-corrected chi connectivity index (χ4v) is 6.01. The monoisotopic (exact) mass is 134 g/mol. The van der Waals surface area contributed by atoms with Gasteiger partial charge in [-0.3, -0.25) is 0 Å². The van der Waals surface area contributed by atoms with E-state index in [1.54, 1.807) is 0 Å². The number of hydrogen-bond donors (Lipinski definition) is 1. The highest BCUT2D eigenvalue weighted by atomic mass is 16.3. The first kappa shape index (κ1) is 4.10. The Morgan fingerprint density at radius 3 is 1.60 bits per heavy atom. The molecule has 0 aliphatic heterocycles. The Balaban J connectivity index is 1.87. The van der Waals surface area contributed by atoms with Crippen LogP contribution in [0, 0.1) is 40.9 Å². The molecule has 0 heterocycles. The van der Waals surface area contributed by atoms with E-state index >= 15 is 0 Å². The van der Waals surface area contributed by atoms with Gasteiger partial charge in [-0.2, -0.15) is 0 Å². The Bertz CT molecular complexity index is 210. The summed E-state index contributed by atoms with van der Waals surface area (Å²) < 4.78 is 0. The third kappa shape index (κ3) is 0.107. The summed E-state index contributed by atoms with van der Waals surface area (Å²) in [6.45, 7) is 2.45. The van der Waals surface area contributed by atoms with E-state index in [4.69, 9.17) is 0 Å². The van der Waals surface area contributed by atoms with Crippen molar-refractivity contribution in [1.82, 2.24) is 0 Å². The summed E-state index contributed by atoms with van der Waals surface area (Å²) >= 11 is 0. The lowest BCUT2D eigenvalue weighted by molar-refractivity contribution is -0.657. The van der Waals surface area contributed by atoms with Crippen molar-refractivity contribution in [2.24, 2.45) is 40.9 Å². The molecular formula is C9H10O. The van der Waals surface area contributed by atoms with Crippen molar-refractivity contribution in [2.75, 3.05) is 0 Å². The molecule has 0 aromatic carbocycles. The van der Waals surface area contributed by atoms with Gasteiger partial charge in [-0.25, -0.2) is 0 Å². The van der Waals surface area contributed by atoms with Crippen molar-refractivity contribution in [3.05, 3.63) is 0 Å². The summed E-state index contributed by atoms with van der Waals surface area (Å²) in [5.41, 5.74) is 0.724. The molecule has 0 amide bonds. The lowest BCUT2D eigenvalue weighted by Crippen LogP contribution is -3.12. The van der Waals surface area contributed by atoms with Crippen molar-refractivity contribution >= 4 is 0 Å². The second kappa shape index (κ2) is 0.632. The molecule has 0 saturated heterocycles. The normalized spacial score (nSPS) is 104. The second-order valence-corrected chi connectivity index (χ2v) is 5.41. The number of aliphatic hydroxyl groups is 1. The standard InChI is InChI=1S/C9H10O/c1-8-2-5-3(8)7-4(8)6(2)9(5,7)10/h2-7,10H,1H3. The smallest absolute Gasteiger partial charge is 0.0749 e. The van der Waals surface area contributed by atoms with Gasteiger partial charge in [0.2, 0.25) is 0 Å². The van der Waals surface area contributed by atoms with Crippen LogP contribution in [0.3, 0.4) is 0 Å².